The topological polar surface area (TPSA) is 74.3 Å². The maximum Gasteiger partial charge on any atom is 0.315 e. The average molecular weight is 341 g/mol. The normalized spacial score (nSPS) is 15.6. The van der Waals surface area contributed by atoms with E-state index in [0.29, 0.717) is 25.5 Å². The molecule has 7 heteroatoms. The molecule has 6 nitrogen and oxygen atoms in total. The summed E-state index contributed by atoms with van der Waals surface area (Å²) in [6, 6.07) is 3.45. The fourth-order valence-electron chi connectivity index (χ4n) is 1.98. The van der Waals surface area contributed by atoms with Crippen LogP contribution in [0.25, 0.3) is 0 Å². The van der Waals surface area contributed by atoms with Crippen molar-refractivity contribution >= 4 is 33.6 Å². The van der Waals surface area contributed by atoms with Crippen LogP contribution < -0.4 is 10.6 Å². The number of nitrogens with one attached hydrogen (secondary N) is 2. The number of aryl methyl sites for hydroxylation is 1. The Morgan fingerprint density at radius 3 is 2.90 bits per heavy atom. The SMILES string of the molecule is Cc1nc(NC(=O)C(=O)N2CCCNCC2)ccc1Br. The number of aromatic nitrogens is 1. The molecule has 0 aliphatic carbocycles. The molecule has 2 heterocycles. The molecule has 1 aromatic heterocycles. The highest BCUT2D eigenvalue weighted by Gasteiger charge is 2.22. The Labute approximate surface area is 126 Å². The van der Waals surface area contributed by atoms with E-state index in [-0.39, 0.29) is 0 Å². The molecule has 0 aromatic carbocycles. The minimum Gasteiger partial charge on any atom is -0.333 e. The van der Waals surface area contributed by atoms with Gasteiger partial charge in [-0.3, -0.25) is 9.59 Å². The maximum atomic E-state index is 12.1. The van der Waals surface area contributed by atoms with Gasteiger partial charge in [0.15, 0.2) is 0 Å². The third-order valence-electron chi connectivity index (χ3n) is 3.08. The van der Waals surface area contributed by atoms with Crippen LogP contribution >= 0.6 is 15.9 Å². The van der Waals surface area contributed by atoms with E-state index < -0.39 is 11.8 Å². The van der Waals surface area contributed by atoms with Gasteiger partial charge in [-0.1, -0.05) is 0 Å². The van der Waals surface area contributed by atoms with Crippen LogP contribution in [0, 0.1) is 6.92 Å². The van der Waals surface area contributed by atoms with Crippen molar-refractivity contribution < 1.29 is 9.59 Å². The molecular formula is C13H17BrN4O2. The van der Waals surface area contributed by atoms with Crippen LogP contribution in [0.4, 0.5) is 5.82 Å². The number of rotatable bonds is 1. The third kappa shape index (κ3) is 3.77. The van der Waals surface area contributed by atoms with Crippen LogP contribution in [0.15, 0.2) is 16.6 Å². The Hall–Kier alpha value is -1.47. The lowest BCUT2D eigenvalue weighted by Gasteiger charge is -2.19. The molecule has 1 aliphatic rings. The quantitative estimate of drug-likeness (QED) is 0.745. The van der Waals surface area contributed by atoms with Gasteiger partial charge >= 0.3 is 11.8 Å². The van der Waals surface area contributed by atoms with Crippen LogP contribution in [-0.2, 0) is 9.59 Å². The molecule has 0 bridgehead atoms. The summed E-state index contributed by atoms with van der Waals surface area (Å²) in [4.78, 5) is 29.8. The molecule has 0 radical (unpaired) electrons. The summed E-state index contributed by atoms with van der Waals surface area (Å²) in [6.07, 6.45) is 0.856. The van der Waals surface area contributed by atoms with E-state index >= 15 is 0 Å². The first-order chi connectivity index (χ1) is 9.58. The van der Waals surface area contributed by atoms with Crippen LogP contribution in [0.1, 0.15) is 12.1 Å². The van der Waals surface area contributed by atoms with Gasteiger partial charge in [0.1, 0.15) is 5.82 Å². The number of amides is 2. The molecule has 0 spiro atoms. The summed E-state index contributed by atoms with van der Waals surface area (Å²) >= 11 is 3.34. The van der Waals surface area contributed by atoms with Gasteiger partial charge in [0.05, 0.1) is 5.69 Å². The number of hydrogen-bond acceptors (Lipinski definition) is 4. The Bertz CT molecular complexity index is 513. The van der Waals surface area contributed by atoms with E-state index in [1.807, 2.05) is 6.92 Å². The summed E-state index contributed by atoms with van der Waals surface area (Å²) in [5.41, 5.74) is 0.759. The number of anilines is 1. The molecule has 0 unspecified atom stereocenters. The van der Waals surface area contributed by atoms with E-state index in [1.165, 1.54) is 0 Å². The lowest BCUT2D eigenvalue weighted by molar-refractivity contribution is -0.143. The fraction of sp³-hybridized carbons (Fsp3) is 0.462. The van der Waals surface area contributed by atoms with Crippen molar-refractivity contribution in [2.45, 2.75) is 13.3 Å². The number of halogens is 1. The van der Waals surface area contributed by atoms with Crippen molar-refractivity contribution in [1.29, 1.82) is 0 Å². The smallest absolute Gasteiger partial charge is 0.315 e. The highest BCUT2D eigenvalue weighted by molar-refractivity contribution is 9.10. The molecule has 0 atom stereocenters. The van der Waals surface area contributed by atoms with Crippen molar-refractivity contribution in [3.05, 3.63) is 22.3 Å². The minimum atomic E-state index is -0.638. The first-order valence-corrected chi connectivity index (χ1v) is 7.31. The van der Waals surface area contributed by atoms with Gasteiger partial charge in [-0.05, 0) is 48.0 Å². The van der Waals surface area contributed by atoms with Gasteiger partial charge < -0.3 is 15.5 Å². The number of nitrogens with zero attached hydrogens (tertiary/aromatic N) is 2. The zero-order valence-electron chi connectivity index (χ0n) is 11.3. The number of pyridine rings is 1. The van der Waals surface area contributed by atoms with Gasteiger partial charge in [0, 0.05) is 24.1 Å². The molecule has 1 aromatic rings. The zero-order valence-corrected chi connectivity index (χ0v) is 12.9. The van der Waals surface area contributed by atoms with Crippen molar-refractivity contribution in [2.75, 3.05) is 31.5 Å². The molecule has 1 aliphatic heterocycles. The highest BCUT2D eigenvalue weighted by Crippen LogP contribution is 2.16. The molecule has 1 saturated heterocycles. The average Bonchev–Trinajstić information content (AvgIpc) is 2.71. The van der Waals surface area contributed by atoms with Gasteiger partial charge in [-0.25, -0.2) is 4.98 Å². The first-order valence-electron chi connectivity index (χ1n) is 6.52. The van der Waals surface area contributed by atoms with E-state index in [2.05, 4.69) is 31.5 Å². The van der Waals surface area contributed by atoms with Gasteiger partial charge in [0.2, 0.25) is 0 Å². The van der Waals surface area contributed by atoms with E-state index in [1.54, 1.807) is 17.0 Å². The zero-order chi connectivity index (χ0) is 14.5. The molecular weight excluding hydrogens is 324 g/mol. The lowest BCUT2D eigenvalue weighted by atomic mass is 10.3. The fourth-order valence-corrected chi connectivity index (χ4v) is 2.20. The van der Waals surface area contributed by atoms with E-state index in [0.717, 1.165) is 23.1 Å². The minimum absolute atomic E-state index is 0.386. The van der Waals surface area contributed by atoms with Gasteiger partial charge in [-0.15, -0.1) is 0 Å². The molecule has 20 heavy (non-hydrogen) atoms. The van der Waals surface area contributed by atoms with Crippen molar-refractivity contribution in [3.63, 3.8) is 0 Å². The largest absolute Gasteiger partial charge is 0.333 e. The molecule has 1 fully saturated rings. The summed E-state index contributed by atoms with van der Waals surface area (Å²) in [5.74, 6) is -0.755. The molecule has 2 rings (SSSR count). The standard InChI is InChI=1S/C13H17BrN4O2/c1-9-10(14)3-4-11(16-9)17-12(19)13(20)18-7-2-5-15-6-8-18/h3-4,15H,2,5-8H2,1H3,(H,16,17,19). The second-order valence-electron chi connectivity index (χ2n) is 4.61. The van der Waals surface area contributed by atoms with E-state index in [4.69, 9.17) is 0 Å². The summed E-state index contributed by atoms with van der Waals surface area (Å²) in [5, 5.41) is 5.74. The molecule has 108 valence electrons. The van der Waals surface area contributed by atoms with Crippen LogP contribution in [0.3, 0.4) is 0 Å². The number of hydrogen-bond donors (Lipinski definition) is 2. The van der Waals surface area contributed by atoms with Crippen molar-refractivity contribution in [1.82, 2.24) is 15.2 Å². The second-order valence-corrected chi connectivity index (χ2v) is 5.47. The highest BCUT2D eigenvalue weighted by atomic mass is 79.9. The van der Waals surface area contributed by atoms with Crippen molar-refractivity contribution in [2.24, 2.45) is 0 Å². The second kappa shape index (κ2) is 6.81. The first kappa shape index (κ1) is 14.9. The Morgan fingerprint density at radius 2 is 2.15 bits per heavy atom. The number of carbonyl (C=O) groups is 2. The monoisotopic (exact) mass is 340 g/mol. The molecule has 0 saturated carbocycles. The predicted octanol–water partition coefficient (Wildman–Crippen LogP) is 0.913. The molecule has 2 N–H and O–H groups in total. The van der Waals surface area contributed by atoms with Crippen LogP contribution in [-0.4, -0.2) is 47.9 Å². The Kier molecular flexibility index (Phi) is 5.08. The number of carbonyl (C=O) groups excluding carboxylic acids is 2. The Balaban J connectivity index is 1.99. The third-order valence-corrected chi connectivity index (χ3v) is 3.92. The van der Waals surface area contributed by atoms with Crippen LogP contribution in [0.2, 0.25) is 0 Å². The van der Waals surface area contributed by atoms with Crippen LogP contribution in [0.5, 0.6) is 0 Å². The van der Waals surface area contributed by atoms with Gasteiger partial charge in [0.25, 0.3) is 0 Å². The summed E-state index contributed by atoms with van der Waals surface area (Å²) in [7, 11) is 0. The molecule has 2 amide bonds. The van der Waals surface area contributed by atoms with Crippen molar-refractivity contribution in [3.8, 4) is 0 Å². The van der Waals surface area contributed by atoms with Gasteiger partial charge in [-0.2, -0.15) is 0 Å². The summed E-state index contributed by atoms with van der Waals surface area (Å²) < 4.78 is 0.861. The van der Waals surface area contributed by atoms with E-state index in [9.17, 15) is 9.59 Å². The summed E-state index contributed by atoms with van der Waals surface area (Å²) in [6.45, 7) is 4.57. The predicted molar refractivity (Wildman–Crippen MR) is 79.4 cm³/mol. The maximum absolute atomic E-state index is 12.1. The Morgan fingerprint density at radius 1 is 1.35 bits per heavy atom. The lowest BCUT2D eigenvalue weighted by Crippen LogP contribution is -2.41.